The van der Waals surface area contributed by atoms with Gasteiger partial charge >= 0.3 is 0 Å². The quantitative estimate of drug-likeness (QED) is 0.172. The second-order valence-electron chi connectivity index (χ2n) is 6.07. The highest BCUT2D eigenvalue weighted by Gasteiger charge is 2.13. The molecule has 26 heavy (non-hydrogen) atoms. The van der Waals surface area contributed by atoms with Crippen molar-refractivity contribution in [1.29, 1.82) is 0 Å². The van der Waals surface area contributed by atoms with Gasteiger partial charge in [0.15, 0.2) is 5.96 Å². The van der Waals surface area contributed by atoms with Crippen molar-refractivity contribution in [1.82, 2.24) is 10.6 Å². The van der Waals surface area contributed by atoms with Crippen molar-refractivity contribution in [2.45, 2.75) is 24.2 Å². The van der Waals surface area contributed by atoms with Gasteiger partial charge in [0.25, 0.3) is 0 Å². The van der Waals surface area contributed by atoms with Gasteiger partial charge in [-0.15, -0.1) is 35.7 Å². The van der Waals surface area contributed by atoms with Crippen LogP contribution in [0.1, 0.15) is 19.3 Å². The largest absolute Gasteiger partial charge is 0.381 e. The molecule has 1 aromatic rings. The highest BCUT2D eigenvalue weighted by atomic mass is 127. The van der Waals surface area contributed by atoms with Gasteiger partial charge < -0.3 is 20.1 Å². The summed E-state index contributed by atoms with van der Waals surface area (Å²) in [7, 11) is 1.81. The van der Waals surface area contributed by atoms with E-state index < -0.39 is 0 Å². The van der Waals surface area contributed by atoms with Gasteiger partial charge in [0, 0.05) is 57.2 Å². The summed E-state index contributed by atoms with van der Waals surface area (Å²) in [4.78, 5) is 5.55. The van der Waals surface area contributed by atoms with Gasteiger partial charge in [0.2, 0.25) is 0 Å². The molecular weight excluding hydrogens is 461 g/mol. The molecule has 1 aliphatic heterocycles. The Morgan fingerprint density at radius 1 is 1.19 bits per heavy atom. The highest BCUT2D eigenvalue weighted by Crippen LogP contribution is 2.16. The Labute approximate surface area is 179 Å². The number of aliphatic imine (C=N–C) groups is 1. The predicted octanol–water partition coefficient (Wildman–Crippen LogP) is 3.40. The van der Waals surface area contributed by atoms with Crippen molar-refractivity contribution >= 4 is 41.7 Å². The molecule has 1 aliphatic rings. The number of benzene rings is 1. The van der Waals surface area contributed by atoms with Crippen LogP contribution in [0.4, 0.5) is 0 Å². The third-order valence-electron chi connectivity index (χ3n) is 4.08. The molecule has 0 aromatic heterocycles. The number of rotatable bonds is 10. The van der Waals surface area contributed by atoms with Crippen LogP contribution in [0.15, 0.2) is 40.2 Å². The minimum atomic E-state index is 0. The van der Waals surface area contributed by atoms with Crippen LogP contribution in [0.3, 0.4) is 0 Å². The lowest BCUT2D eigenvalue weighted by Crippen LogP contribution is -2.39. The first kappa shape index (κ1) is 23.5. The van der Waals surface area contributed by atoms with Crippen LogP contribution < -0.4 is 10.6 Å². The van der Waals surface area contributed by atoms with Crippen molar-refractivity contribution in [3.8, 4) is 0 Å². The molecule has 0 aliphatic carbocycles. The van der Waals surface area contributed by atoms with E-state index in [1.54, 1.807) is 7.05 Å². The van der Waals surface area contributed by atoms with Crippen LogP contribution in [0.2, 0.25) is 0 Å². The monoisotopic (exact) mass is 493 g/mol. The molecule has 5 nitrogen and oxygen atoms in total. The summed E-state index contributed by atoms with van der Waals surface area (Å²) in [6.07, 6.45) is 3.26. The van der Waals surface area contributed by atoms with E-state index in [9.17, 15) is 0 Å². The normalized spacial score (nSPS) is 15.3. The van der Waals surface area contributed by atoms with Crippen LogP contribution in [-0.4, -0.2) is 58.3 Å². The maximum atomic E-state index is 5.78. The molecule has 1 fully saturated rings. The standard InChI is InChI=1S/C19H31N3O2S.HI/c1-20-19(22-11-15-25-18-6-3-2-4-7-18)21-10-5-12-24-16-17-8-13-23-14-9-17;/h2-4,6-7,17H,5,8-16H2,1H3,(H2,20,21,22);1H. The second kappa shape index (κ2) is 15.5. The summed E-state index contributed by atoms with van der Waals surface area (Å²) in [5, 5.41) is 6.68. The lowest BCUT2D eigenvalue weighted by molar-refractivity contribution is 0.0203. The number of hydrogen-bond acceptors (Lipinski definition) is 4. The average Bonchev–Trinajstić information content (AvgIpc) is 2.67. The first-order chi connectivity index (χ1) is 12.4. The molecular formula is C19H32IN3O2S. The van der Waals surface area contributed by atoms with Gasteiger partial charge in [-0.25, -0.2) is 0 Å². The predicted molar refractivity (Wildman–Crippen MR) is 121 cm³/mol. The summed E-state index contributed by atoms with van der Waals surface area (Å²) in [6, 6.07) is 10.5. The van der Waals surface area contributed by atoms with E-state index in [2.05, 4.69) is 39.9 Å². The highest BCUT2D eigenvalue weighted by molar-refractivity contribution is 14.0. The fourth-order valence-corrected chi connectivity index (χ4v) is 3.41. The summed E-state index contributed by atoms with van der Waals surface area (Å²) >= 11 is 1.85. The average molecular weight is 493 g/mol. The molecule has 0 unspecified atom stereocenters. The summed E-state index contributed by atoms with van der Waals surface area (Å²) in [5.41, 5.74) is 0. The molecule has 1 saturated heterocycles. The summed E-state index contributed by atoms with van der Waals surface area (Å²) in [6.45, 7) is 5.21. The molecule has 7 heteroatoms. The van der Waals surface area contributed by atoms with Crippen molar-refractivity contribution in [2.75, 3.05) is 52.3 Å². The van der Waals surface area contributed by atoms with Gasteiger partial charge in [-0.3, -0.25) is 4.99 Å². The molecule has 0 atom stereocenters. The van der Waals surface area contributed by atoms with E-state index >= 15 is 0 Å². The van der Waals surface area contributed by atoms with E-state index in [0.717, 1.165) is 70.5 Å². The molecule has 2 rings (SSSR count). The Morgan fingerprint density at radius 2 is 1.92 bits per heavy atom. The molecule has 1 heterocycles. The zero-order chi connectivity index (χ0) is 17.6. The van der Waals surface area contributed by atoms with Crippen LogP contribution in [0.5, 0.6) is 0 Å². The minimum Gasteiger partial charge on any atom is -0.381 e. The zero-order valence-electron chi connectivity index (χ0n) is 15.6. The van der Waals surface area contributed by atoms with Crippen LogP contribution in [-0.2, 0) is 9.47 Å². The maximum Gasteiger partial charge on any atom is 0.191 e. The third-order valence-corrected chi connectivity index (χ3v) is 5.10. The lowest BCUT2D eigenvalue weighted by atomic mass is 10.0. The van der Waals surface area contributed by atoms with Crippen LogP contribution in [0, 0.1) is 5.92 Å². The smallest absolute Gasteiger partial charge is 0.191 e. The van der Waals surface area contributed by atoms with Gasteiger partial charge in [-0.05, 0) is 37.3 Å². The van der Waals surface area contributed by atoms with E-state index in [1.165, 1.54) is 4.90 Å². The second-order valence-corrected chi connectivity index (χ2v) is 7.24. The number of halogens is 1. The molecule has 0 amide bonds. The number of thioether (sulfide) groups is 1. The number of hydrogen-bond donors (Lipinski definition) is 2. The molecule has 148 valence electrons. The molecule has 0 radical (unpaired) electrons. The first-order valence-electron chi connectivity index (χ1n) is 9.16. The summed E-state index contributed by atoms with van der Waals surface area (Å²) < 4.78 is 11.1. The number of ether oxygens (including phenoxy) is 2. The number of nitrogens with one attached hydrogen (secondary N) is 2. The van der Waals surface area contributed by atoms with Crippen LogP contribution in [0.25, 0.3) is 0 Å². The fourth-order valence-electron chi connectivity index (χ4n) is 2.62. The topological polar surface area (TPSA) is 54.9 Å². The Morgan fingerprint density at radius 3 is 2.65 bits per heavy atom. The zero-order valence-corrected chi connectivity index (χ0v) is 18.8. The van der Waals surface area contributed by atoms with Crippen LogP contribution >= 0.6 is 35.7 Å². The van der Waals surface area contributed by atoms with Gasteiger partial charge in [-0.2, -0.15) is 0 Å². The van der Waals surface area contributed by atoms with E-state index in [-0.39, 0.29) is 24.0 Å². The lowest BCUT2D eigenvalue weighted by Gasteiger charge is -2.21. The number of nitrogens with zero attached hydrogens (tertiary/aromatic N) is 1. The van der Waals surface area contributed by atoms with E-state index in [0.29, 0.717) is 5.92 Å². The van der Waals surface area contributed by atoms with Crippen molar-refractivity contribution in [3.63, 3.8) is 0 Å². The molecule has 1 aromatic carbocycles. The number of guanidine groups is 1. The Balaban J connectivity index is 0.00000338. The summed E-state index contributed by atoms with van der Waals surface area (Å²) in [5.74, 6) is 2.55. The van der Waals surface area contributed by atoms with Gasteiger partial charge in [0.05, 0.1) is 0 Å². The third kappa shape index (κ3) is 10.6. The first-order valence-corrected chi connectivity index (χ1v) is 10.1. The molecule has 0 saturated carbocycles. The SMILES string of the molecule is CN=C(NCCCOCC1CCOCC1)NCCSc1ccccc1.I. The fraction of sp³-hybridized carbons (Fsp3) is 0.632. The Bertz CT molecular complexity index is 485. The maximum absolute atomic E-state index is 5.78. The van der Waals surface area contributed by atoms with E-state index in [1.807, 2.05) is 17.8 Å². The Hall–Kier alpha value is -0.510. The molecule has 2 N–H and O–H groups in total. The van der Waals surface area contributed by atoms with Crippen molar-refractivity contribution in [2.24, 2.45) is 10.9 Å². The Kier molecular flexibility index (Phi) is 14.1. The van der Waals surface area contributed by atoms with Crippen molar-refractivity contribution in [3.05, 3.63) is 30.3 Å². The van der Waals surface area contributed by atoms with Gasteiger partial charge in [-0.1, -0.05) is 18.2 Å². The van der Waals surface area contributed by atoms with E-state index in [4.69, 9.17) is 9.47 Å². The van der Waals surface area contributed by atoms with Crippen molar-refractivity contribution < 1.29 is 9.47 Å². The molecule has 0 bridgehead atoms. The molecule has 0 spiro atoms. The van der Waals surface area contributed by atoms with Gasteiger partial charge in [0.1, 0.15) is 0 Å². The minimum absolute atomic E-state index is 0.